The number of nitrogens with one attached hydrogen (secondary N) is 1. The first-order valence-electron chi connectivity index (χ1n) is 5.51. The summed E-state index contributed by atoms with van der Waals surface area (Å²) in [6.45, 7) is 0. The second-order valence-electron chi connectivity index (χ2n) is 4.50. The molecule has 1 rings (SSSR count). The van der Waals surface area contributed by atoms with E-state index >= 15 is 0 Å². The van der Waals surface area contributed by atoms with Crippen LogP contribution in [0.2, 0.25) is 0 Å². The number of aliphatic carboxylic acids is 1. The monoisotopic (exact) mass is 281 g/mol. The average molecular weight is 281 g/mol. The van der Waals surface area contributed by atoms with Crippen LogP contribution in [-0.4, -0.2) is 55.1 Å². The van der Waals surface area contributed by atoms with Crippen molar-refractivity contribution in [2.45, 2.75) is 30.1 Å². The Hall–Kier alpha value is -0.270. The fourth-order valence-corrected chi connectivity index (χ4v) is 4.65. The van der Waals surface area contributed by atoms with Crippen molar-refractivity contribution in [2.24, 2.45) is 0 Å². The Kier molecular flexibility index (Phi) is 4.86. The summed E-state index contributed by atoms with van der Waals surface area (Å²) >= 11 is 1.56. The van der Waals surface area contributed by atoms with Crippen molar-refractivity contribution in [2.75, 3.05) is 24.8 Å². The molecule has 1 aliphatic carbocycles. The summed E-state index contributed by atoms with van der Waals surface area (Å²) in [7, 11) is -1.25. The van der Waals surface area contributed by atoms with Gasteiger partial charge in [-0.15, -0.1) is 0 Å². The van der Waals surface area contributed by atoms with E-state index in [0.717, 1.165) is 6.42 Å². The average Bonchev–Trinajstić information content (AvgIpc) is 2.61. The van der Waals surface area contributed by atoms with Gasteiger partial charge >= 0.3 is 5.97 Å². The van der Waals surface area contributed by atoms with Crippen LogP contribution in [0.15, 0.2) is 0 Å². The highest BCUT2D eigenvalue weighted by Gasteiger charge is 2.44. The molecule has 2 unspecified atom stereocenters. The quantitative estimate of drug-likeness (QED) is 0.731. The second-order valence-corrected chi connectivity index (χ2v) is 8.17. The van der Waals surface area contributed by atoms with E-state index in [1.807, 2.05) is 0 Å². The van der Waals surface area contributed by atoms with Crippen molar-refractivity contribution in [3.05, 3.63) is 0 Å². The van der Waals surface area contributed by atoms with Crippen molar-refractivity contribution in [3.8, 4) is 0 Å². The largest absolute Gasteiger partial charge is 0.480 e. The maximum atomic E-state index is 11.2. The zero-order chi connectivity index (χ0) is 13.1. The molecule has 0 bridgehead atoms. The predicted octanol–water partition coefficient (Wildman–Crippen LogP) is 0.359. The fraction of sp³-hybridized carbons (Fsp3) is 0.900. The normalized spacial score (nSPS) is 29.4. The van der Waals surface area contributed by atoms with Crippen molar-refractivity contribution < 1.29 is 18.3 Å². The summed E-state index contributed by atoms with van der Waals surface area (Å²) in [5, 5.41) is 12.3. The van der Waals surface area contributed by atoms with Gasteiger partial charge in [0.1, 0.15) is 15.4 Å². The summed E-state index contributed by atoms with van der Waals surface area (Å²) in [4.78, 5) is 11.2. The first kappa shape index (κ1) is 14.8. The van der Waals surface area contributed by atoms with Gasteiger partial charge in [0.25, 0.3) is 0 Å². The number of carbonyl (C=O) groups is 1. The summed E-state index contributed by atoms with van der Waals surface area (Å²) < 4.78 is 22.0. The van der Waals surface area contributed by atoms with Crippen LogP contribution in [0.3, 0.4) is 0 Å². The Morgan fingerprint density at radius 3 is 2.65 bits per heavy atom. The molecule has 0 aromatic carbocycles. The molecular formula is C10H19NO4S2. The number of thioether (sulfide) groups is 1. The van der Waals surface area contributed by atoms with E-state index < -0.39 is 21.3 Å². The van der Waals surface area contributed by atoms with E-state index in [4.69, 9.17) is 5.11 Å². The molecule has 100 valence electrons. The topological polar surface area (TPSA) is 83.5 Å². The molecule has 1 fully saturated rings. The highest BCUT2D eigenvalue weighted by atomic mass is 32.2. The number of hydrogen-bond acceptors (Lipinski definition) is 5. The lowest BCUT2D eigenvalue weighted by atomic mass is 9.99. The number of hydrogen-bond donors (Lipinski definition) is 2. The van der Waals surface area contributed by atoms with Gasteiger partial charge < -0.3 is 10.4 Å². The molecule has 7 heteroatoms. The maximum Gasteiger partial charge on any atom is 0.323 e. The molecule has 2 N–H and O–H groups in total. The Bertz CT molecular complexity index is 382. The second kappa shape index (κ2) is 5.58. The summed E-state index contributed by atoms with van der Waals surface area (Å²) in [5.41, 5.74) is -0.817. The van der Waals surface area contributed by atoms with E-state index in [1.165, 1.54) is 6.26 Å². The van der Waals surface area contributed by atoms with E-state index in [1.54, 1.807) is 18.8 Å². The van der Waals surface area contributed by atoms with Crippen molar-refractivity contribution in [3.63, 3.8) is 0 Å². The maximum absolute atomic E-state index is 11.2. The number of carboxylic acid groups (broad SMARTS) is 1. The zero-order valence-corrected chi connectivity index (χ0v) is 11.7. The molecule has 1 aliphatic rings. The number of rotatable bonds is 6. The van der Waals surface area contributed by atoms with Crippen LogP contribution in [-0.2, 0) is 14.6 Å². The third-order valence-corrected chi connectivity index (χ3v) is 5.68. The van der Waals surface area contributed by atoms with Gasteiger partial charge in [0, 0.05) is 17.3 Å². The molecule has 1 saturated carbocycles. The molecule has 0 aromatic heterocycles. The Labute approximate surface area is 106 Å². The minimum Gasteiger partial charge on any atom is -0.480 e. The van der Waals surface area contributed by atoms with E-state index in [-0.39, 0.29) is 11.0 Å². The highest BCUT2D eigenvalue weighted by molar-refractivity contribution is 8.01. The predicted molar refractivity (Wildman–Crippen MR) is 69.2 cm³/mol. The van der Waals surface area contributed by atoms with Crippen LogP contribution < -0.4 is 5.32 Å². The third-order valence-electron chi connectivity index (χ3n) is 3.16. The molecular weight excluding hydrogens is 262 g/mol. The first-order valence-corrected chi connectivity index (χ1v) is 8.62. The van der Waals surface area contributed by atoms with Crippen LogP contribution in [0, 0.1) is 0 Å². The number of carboxylic acids is 1. The fourth-order valence-electron chi connectivity index (χ4n) is 2.04. The molecule has 0 spiro atoms. The van der Waals surface area contributed by atoms with Crippen LogP contribution >= 0.6 is 11.8 Å². The van der Waals surface area contributed by atoms with E-state index in [0.29, 0.717) is 18.6 Å². The number of likely N-dealkylation sites (N-methyl/N-ethyl adjacent to an activating group) is 1. The first-order chi connectivity index (χ1) is 7.79. The minimum atomic E-state index is -2.92. The lowest BCUT2D eigenvalue weighted by Gasteiger charge is -2.23. The van der Waals surface area contributed by atoms with Gasteiger partial charge in [0.05, 0.1) is 5.75 Å². The summed E-state index contributed by atoms with van der Waals surface area (Å²) in [6, 6.07) is 0. The third kappa shape index (κ3) is 4.15. The molecule has 0 aromatic rings. The van der Waals surface area contributed by atoms with Gasteiger partial charge in [-0.25, -0.2) is 8.42 Å². The molecule has 5 nitrogen and oxygen atoms in total. The van der Waals surface area contributed by atoms with Gasteiger partial charge in [-0.1, -0.05) is 0 Å². The Morgan fingerprint density at radius 1 is 1.59 bits per heavy atom. The minimum absolute atomic E-state index is 0.161. The lowest BCUT2D eigenvalue weighted by molar-refractivity contribution is -0.144. The summed E-state index contributed by atoms with van der Waals surface area (Å²) in [6.07, 6.45) is 3.21. The van der Waals surface area contributed by atoms with Crippen LogP contribution in [0.5, 0.6) is 0 Å². The standard InChI is InChI=1S/C10H19NO4S2/c1-11-10(9(12)13)4-3-8(7-10)16-5-6-17(2,14)15/h8,11H,3-7H2,1-2H3,(H,12,13). The van der Waals surface area contributed by atoms with Gasteiger partial charge in [-0.2, -0.15) is 11.8 Å². The van der Waals surface area contributed by atoms with E-state index in [2.05, 4.69) is 5.32 Å². The van der Waals surface area contributed by atoms with Crippen LogP contribution in [0.1, 0.15) is 19.3 Å². The van der Waals surface area contributed by atoms with Gasteiger partial charge in [0.2, 0.25) is 0 Å². The van der Waals surface area contributed by atoms with Gasteiger partial charge in [-0.3, -0.25) is 4.79 Å². The van der Waals surface area contributed by atoms with Crippen molar-refractivity contribution in [1.29, 1.82) is 0 Å². The molecule has 17 heavy (non-hydrogen) atoms. The zero-order valence-electron chi connectivity index (χ0n) is 10.1. The molecule has 0 amide bonds. The van der Waals surface area contributed by atoms with Crippen LogP contribution in [0.25, 0.3) is 0 Å². The van der Waals surface area contributed by atoms with Crippen molar-refractivity contribution >= 4 is 27.6 Å². The molecule has 2 atom stereocenters. The molecule has 0 saturated heterocycles. The SMILES string of the molecule is CNC1(C(=O)O)CCC(SCCS(C)(=O)=O)C1. The number of sulfone groups is 1. The lowest BCUT2D eigenvalue weighted by Crippen LogP contribution is -2.48. The molecule has 0 aliphatic heterocycles. The van der Waals surface area contributed by atoms with Crippen LogP contribution in [0.4, 0.5) is 0 Å². The molecule has 0 radical (unpaired) electrons. The van der Waals surface area contributed by atoms with E-state index in [9.17, 15) is 13.2 Å². The highest BCUT2D eigenvalue weighted by Crippen LogP contribution is 2.37. The Balaban J connectivity index is 2.43. The Morgan fingerprint density at radius 2 is 2.24 bits per heavy atom. The smallest absolute Gasteiger partial charge is 0.323 e. The van der Waals surface area contributed by atoms with Crippen molar-refractivity contribution in [1.82, 2.24) is 5.32 Å². The van der Waals surface area contributed by atoms with Gasteiger partial charge in [-0.05, 0) is 26.3 Å². The van der Waals surface area contributed by atoms with Gasteiger partial charge in [0.15, 0.2) is 0 Å². The molecule has 0 heterocycles. The summed E-state index contributed by atoms with van der Waals surface area (Å²) in [5.74, 6) is -0.109.